The Balaban J connectivity index is 2.08. The summed E-state index contributed by atoms with van der Waals surface area (Å²) >= 11 is 5.75. The van der Waals surface area contributed by atoms with E-state index < -0.39 is 11.7 Å². The number of anilines is 2. The molecule has 0 aromatic heterocycles. The number of hydrogen-bond acceptors (Lipinski definition) is 2. The van der Waals surface area contributed by atoms with E-state index in [1.165, 1.54) is 19.2 Å². The maximum absolute atomic E-state index is 13.6. The molecule has 0 unspecified atom stereocenters. The normalized spacial score (nSPS) is 9.95. The Morgan fingerprint density at radius 1 is 1.00 bits per heavy atom. The van der Waals surface area contributed by atoms with Gasteiger partial charge in [-0.1, -0.05) is 11.6 Å². The maximum atomic E-state index is 13.6. The molecule has 0 fully saturated rings. The summed E-state index contributed by atoms with van der Waals surface area (Å²) in [6.07, 6.45) is 0. The lowest BCUT2D eigenvalue weighted by Gasteiger charge is -2.08. The quantitative estimate of drug-likeness (QED) is 0.810. The largest absolute Gasteiger partial charge is 0.341 e. The number of urea groups is 1. The van der Waals surface area contributed by atoms with Crippen LogP contribution in [0.4, 0.5) is 20.6 Å². The van der Waals surface area contributed by atoms with E-state index in [0.29, 0.717) is 11.4 Å². The molecule has 0 bridgehead atoms. The van der Waals surface area contributed by atoms with Gasteiger partial charge in [-0.05, 0) is 42.5 Å². The van der Waals surface area contributed by atoms with E-state index in [9.17, 15) is 14.0 Å². The van der Waals surface area contributed by atoms with Gasteiger partial charge in [-0.25, -0.2) is 9.18 Å². The Morgan fingerprint density at radius 2 is 1.59 bits per heavy atom. The second-order valence-corrected chi connectivity index (χ2v) is 4.80. The van der Waals surface area contributed by atoms with E-state index in [4.69, 9.17) is 11.6 Å². The van der Waals surface area contributed by atoms with E-state index >= 15 is 0 Å². The van der Waals surface area contributed by atoms with Crippen LogP contribution in [0, 0.1) is 5.82 Å². The minimum Gasteiger partial charge on any atom is -0.341 e. The molecule has 0 aliphatic carbocycles. The zero-order valence-corrected chi connectivity index (χ0v) is 12.4. The van der Waals surface area contributed by atoms with Gasteiger partial charge >= 0.3 is 6.03 Å². The third-order valence-electron chi connectivity index (χ3n) is 2.80. The number of carbonyl (C=O) groups is 2. The van der Waals surface area contributed by atoms with E-state index in [2.05, 4.69) is 16.0 Å². The van der Waals surface area contributed by atoms with Crippen molar-refractivity contribution < 1.29 is 14.0 Å². The monoisotopic (exact) mass is 321 g/mol. The maximum Gasteiger partial charge on any atom is 0.318 e. The summed E-state index contributed by atoms with van der Waals surface area (Å²) < 4.78 is 13.6. The first-order valence-corrected chi connectivity index (χ1v) is 6.72. The number of carbonyl (C=O) groups excluding carboxylic acids is 2. The van der Waals surface area contributed by atoms with Crippen molar-refractivity contribution in [3.63, 3.8) is 0 Å². The molecule has 0 aliphatic rings. The molecule has 114 valence electrons. The highest BCUT2D eigenvalue weighted by atomic mass is 35.5. The summed E-state index contributed by atoms with van der Waals surface area (Å²) in [6, 6.07) is 9.81. The van der Waals surface area contributed by atoms with Gasteiger partial charge in [0.2, 0.25) is 0 Å². The summed E-state index contributed by atoms with van der Waals surface area (Å²) in [7, 11) is 1.50. The van der Waals surface area contributed by atoms with E-state index in [1.807, 2.05) is 0 Å². The molecule has 5 nitrogen and oxygen atoms in total. The number of halogens is 2. The minimum absolute atomic E-state index is 0.139. The summed E-state index contributed by atoms with van der Waals surface area (Å²) in [4.78, 5) is 23.2. The molecule has 3 N–H and O–H groups in total. The first kappa shape index (κ1) is 15.8. The Morgan fingerprint density at radius 3 is 2.18 bits per heavy atom. The van der Waals surface area contributed by atoms with Crippen molar-refractivity contribution >= 4 is 34.9 Å². The molecule has 2 aromatic carbocycles. The van der Waals surface area contributed by atoms with Crippen LogP contribution >= 0.6 is 11.6 Å². The zero-order chi connectivity index (χ0) is 16.1. The van der Waals surface area contributed by atoms with Crippen molar-refractivity contribution in [3.05, 3.63) is 58.9 Å². The van der Waals surface area contributed by atoms with Crippen LogP contribution in [-0.4, -0.2) is 19.0 Å². The van der Waals surface area contributed by atoms with Crippen LogP contribution in [0.15, 0.2) is 42.5 Å². The predicted molar refractivity (Wildman–Crippen MR) is 83.9 cm³/mol. The van der Waals surface area contributed by atoms with Gasteiger partial charge in [-0.2, -0.15) is 0 Å². The molecule has 7 heteroatoms. The molecule has 0 radical (unpaired) electrons. The Labute approximate surface area is 131 Å². The lowest BCUT2D eigenvalue weighted by Crippen LogP contribution is -2.24. The fourth-order valence-electron chi connectivity index (χ4n) is 1.70. The third kappa shape index (κ3) is 3.95. The van der Waals surface area contributed by atoms with Crippen LogP contribution < -0.4 is 16.0 Å². The lowest BCUT2D eigenvalue weighted by molar-refractivity contribution is 0.102. The SMILES string of the molecule is CNC(=O)Nc1ccc(NC(=O)c2cc(Cl)ccc2F)cc1. The van der Waals surface area contributed by atoms with Crippen molar-refractivity contribution in [2.45, 2.75) is 0 Å². The Hall–Kier alpha value is -2.60. The first-order chi connectivity index (χ1) is 10.5. The summed E-state index contributed by atoms with van der Waals surface area (Å²) in [6.45, 7) is 0. The van der Waals surface area contributed by atoms with Crippen molar-refractivity contribution in [2.24, 2.45) is 0 Å². The highest BCUT2D eigenvalue weighted by Crippen LogP contribution is 2.18. The Kier molecular flexibility index (Phi) is 4.95. The van der Waals surface area contributed by atoms with Crippen molar-refractivity contribution in [2.75, 3.05) is 17.7 Å². The van der Waals surface area contributed by atoms with Gasteiger partial charge in [-0.3, -0.25) is 4.79 Å². The number of hydrogen-bond donors (Lipinski definition) is 3. The second kappa shape index (κ2) is 6.91. The molecule has 3 amide bonds. The molecule has 0 spiro atoms. The summed E-state index contributed by atoms with van der Waals surface area (Å²) in [5.74, 6) is -1.26. The van der Waals surface area contributed by atoms with Crippen molar-refractivity contribution in [1.82, 2.24) is 5.32 Å². The predicted octanol–water partition coefficient (Wildman–Crippen LogP) is 3.48. The van der Waals surface area contributed by atoms with Gasteiger partial charge in [0.25, 0.3) is 5.91 Å². The van der Waals surface area contributed by atoms with Gasteiger partial charge in [0.15, 0.2) is 0 Å². The number of rotatable bonds is 3. The fourth-order valence-corrected chi connectivity index (χ4v) is 1.87. The average Bonchev–Trinajstić information content (AvgIpc) is 2.51. The molecule has 0 heterocycles. The molecule has 2 rings (SSSR count). The van der Waals surface area contributed by atoms with E-state index in [-0.39, 0.29) is 16.6 Å². The van der Waals surface area contributed by atoms with Crippen LogP contribution in [0.25, 0.3) is 0 Å². The van der Waals surface area contributed by atoms with Crippen LogP contribution in [0.1, 0.15) is 10.4 Å². The first-order valence-electron chi connectivity index (χ1n) is 6.35. The summed E-state index contributed by atoms with van der Waals surface area (Å²) in [5.41, 5.74) is 0.887. The van der Waals surface area contributed by atoms with Crippen molar-refractivity contribution in [3.8, 4) is 0 Å². The Bertz CT molecular complexity index is 704. The van der Waals surface area contributed by atoms with Crippen LogP contribution in [0.2, 0.25) is 5.02 Å². The van der Waals surface area contributed by atoms with Crippen LogP contribution in [0.5, 0.6) is 0 Å². The number of amides is 3. The highest BCUT2D eigenvalue weighted by molar-refractivity contribution is 6.31. The molecule has 0 atom stereocenters. The standard InChI is InChI=1S/C15H13ClFN3O2/c1-18-15(22)20-11-5-3-10(4-6-11)19-14(21)12-8-9(16)2-7-13(12)17/h2-8H,1H3,(H,19,21)(H2,18,20,22). The topological polar surface area (TPSA) is 70.2 Å². The zero-order valence-electron chi connectivity index (χ0n) is 11.6. The second-order valence-electron chi connectivity index (χ2n) is 4.36. The molecule has 2 aromatic rings. The highest BCUT2D eigenvalue weighted by Gasteiger charge is 2.12. The van der Waals surface area contributed by atoms with E-state index in [0.717, 1.165) is 6.07 Å². The smallest absolute Gasteiger partial charge is 0.318 e. The minimum atomic E-state index is -0.653. The molecular weight excluding hydrogens is 309 g/mol. The summed E-state index contributed by atoms with van der Waals surface area (Å²) in [5, 5.41) is 7.83. The molecule has 22 heavy (non-hydrogen) atoms. The van der Waals surface area contributed by atoms with Gasteiger partial charge in [0.05, 0.1) is 5.56 Å². The average molecular weight is 322 g/mol. The fraction of sp³-hybridized carbons (Fsp3) is 0.0667. The number of nitrogens with one attached hydrogen (secondary N) is 3. The van der Waals surface area contributed by atoms with E-state index in [1.54, 1.807) is 24.3 Å². The number of benzene rings is 2. The van der Waals surface area contributed by atoms with Crippen LogP contribution in [0.3, 0.4) is 0 Å². The molecule has 0 aliphatic heterocycles. The van der Waals surface area contributed by atoms with Crippen LogP contribution in [-0.2, 0) is 0 Å². The van der Waals surface area contributed by atoms with Gasteiger partial charge in [0.1, 0.15) is 5.82 Å². The van der Waals surface area contributed by atoms with Crippen molar-refractivity contribution in [1.29, 1.82) is 0 Å². The van der Waals surface area contributed by atoms with Gasteiger partial charge in [-0.15, -0.1) is 0 Å². The van der Waals surface area contributed by atoms with Gasteiger partial charge < -0.3 is 16.0 Å². The lowest BCUT2D eigenvalue weighted by atomic mass is 10.2. The van der Waals surface area contributed by atoms with Gasteiger partial charge in [0, 0.05) is 23.4 Å². The molecular formula is C15H13ClFN3O2. The third-order valence-corrected chi connectivity index (χ3v) is 3.04. The molecule has 0 saturated carbocycles. The molecule has 0 saturated heterocycles.